The molecule has 0 aromatic carbocycles. The second-order valence-corrected chi connectivity index (χ2v) is 7.11. The summed E-state index contributed by atoms with van der Waals surface area (Å²) in [5.41, 5.74) is 6.66. The fourth-order valence-corrected chi connectivity index (χ4v) is 2.39. The molecule has 0 aromatic heterocycles. The van der Waals surface area contributed by atoms with Crippen molar-refractivity contribution in [2.24, 2.45) is 11.8 Å². The van der Waals surface area contributed by atoms with Gasteiger partial charge in [-0.25, -0.2) is 0 Å². The van der Waals surface area contributed by atoms with Crippen molar-refractivity contribution in [3.8, 4) is 0 Å². The van der Waals surface area contributed by atoms with Gasteiger partial charge in [0.25, 0.3) is 0 Å². The van der Waals surface area contributed by atoms with Crippen LogP contribution in [0.1, 0.15) is 67.2 Å². The molecule has 0 spiro atoms. The number of rotatable bonds is 11. The van der Waals surface area contributed by atoms with Crippen molar-refractivity contribution in [3.63, 3.8) is 0 Å². The summed E-state index contributed by atoms with van der Waals surface area (Å²) in [6.45, 7) is 29.9. The summed E-state index contributed by atoms with van der Waals surface area (Å²) in [6.07, 6.45) is 8.82. The van der Waals surface area contributed by atoms with Gasteiger partial charge in [-0.2, -0.15) is 0 Å². The van der Waals surface area contributed by atoms with Crippen LogP contribution >= 0.6 is 0 Å². The first-order valence-corrected chi connectivity index (χ1v) is 9.26. The highest BCUT2D eigenvalue weighted by atomic mass is 14.1. The number of allylic oxidation sites excluding steroid dienone is 8. The zero-order valence-electron chi connectivity index (χ0n) is 17.0. The SMILES string of the molecule is C=C(/C=C\C(=C)C(C)CCC(C)CC)C(=C)/C(C)=C(/C)C(=C)CC. The molecule has 0 rings (SSSR count). The summed E-state index contributed by atoms with van der Waals surface area (Å²) in [7, 11) is 0. The molecule has 0 amide bonds. The Labute approximate surface area is 151 Å². The van der Waals surface area contributed by atoms with Gasteiger partial charge in [0.2, 0.25) is 0 Å². The lowest BCUT2D eigenvalue weighted by Gasteiger charge is -2.15. The quantitative estimate of drug-likeness (QED) is 0.338. The van der Waals surface area contributed by atoms with E-state index < -0.39 is 0 Å². The van der Waals surface area contributed by atoms with E-state index in [1.807, 2.05) is 0 Å². The average molecular weight is 327 g/mol. The summed E-state index contributed by atoms with van der Waals surface area (Å²) >= 11 is 0. The molecule has 0 aliphatic carbocycles. The van der Waals surface area contributed by atoms with Crippen LogP contribution in [0.3, 0.4) is 0 Å². The van der Waals surface area contributed by atoms with Gasteiger partial charge in [-0.05, 0) is 60.8 Å². The summed E-state index contributed by atoms with van der Waals surface area (Å²) in [4.78, 5) is 0. The Morgan fingerprint density at radius 1 is 0.875 bits per heavy atom. The molecule has 0 aliphatic heterocycles. The molecule has 24 heavy (non-hydrogen) atoms. The Balaban J connectivity index is 4.80. The maximum atomic E-state index is 4.23. The molecule has 2 atom stereocenters. The molecule has 0 heterocycles. The molecular formula is C24H38. The summed E-state index contributed by atoms with van der Waals surface area (Å²) in [5, 5.41) is 0. The first kappa shape index (κ1) is 22.4. The predicted molar refractivity (Wildman–Crippen MR) is 112 cm³/mol. The van der Waals surface area contributed by atoms with Gasteiger partial charge < -0.3 is 0 Å². The van der Waals surface area contributed by atoms with Crippen LogP contribution in [0.5, 0.6) is 0 Å². The molecule has 0 bridgehead atoms. The maximum Gasteiger partial charge on any atom is -0.0196 e. The first-order valence-electron chi connectivity index (χ1n) is 9.26. The van der Waals surface area contributed by atoms with Crippen LogP contribution in [0.25, 0.3) is 0 Å². The molecule has 0 radical (unpaired) electrons. The highest BCUT2D eigenvalue weighted by molar-refractivity contribution is 5.53. The van der Waals surface area contributed by atoms with Crippen LogP contribution in [-0.2, 0) is 0 Å². The van der Waals surface area contributed by atoms with E-state index >= 15 is 0 Å². The Kier molecular flexibility index (Phi) is 10.4. The van der Waals surface area contributed by atoms with E-state index in [9.17, 15) is 0 Å². The van der Waals surface area contributed by atoms with Crippen molar-refractivity contribution in [2.45, 2.75) is 67.2 Å². The molecule has 0 N–H and O–H groups in total. The highest BCUT2D eigenvalue weighted by Gasteiger charge is 2.08. The highest BCUT2D eigenvalue weighted by Crippen LogP contribution is 2.26. The van der Waals surface area contributed by atoms with Crippen molar-refractivity contribution in [1.29, 1.82) is 0 Å². The van der Waals surface area contributed by atoms with E-state index in [4.69, 9.17) is 0 Å². The van der Waals surface area contributed by atoms with E-state index in [1.165, 1.54) is 36.0 Å². The van der Waals surface area contributed by atoms with Crippen LogP contribution in [-0.4, -0.2) is 0 Å². The van der Waals surface area contributed by atoms with Crippen LogP contribution in [0.15, 0.2) is 71.9 Å². The zero-order valence-corrected chi connectivity index (χ0v) is 17.0. The maximum absolute atomic E-state index is 4.23. The zero-order chi connectivity index (χ0) is 18.9. The van der Waals surface area contributed by atoms with Crippen molar-refractivity contribution < 1.29 is 0 Å². The van der Waals surface area contributed by atoms with E-state index in [2.05, 4.69) is 80.0 Å². The second kappa shape index (κ2) is 11.1. The van der Waals surface area contributed by atoms with Crippen molar-refractivity contribution in [1.82, 2.24) is 0 Å². The standard InChI is InChI=1S/C24H38/c1-11-17(3)13-14-19(5)20(6)15-16-21(7)23(9)24(10)22(8)18(4)12-2/h15-17,19H,4,6-7,9,11-14H2,1-3,5,8,10H3/b16-15-,24-22-. The number of hydrogen-bond donors (Lipinski definition) is 0. The Morgan fingerprint density at radius 2 is 1.46 bits per heavy atom. The summed E-state index contributed by atoms with van der Waals surface area (Å²) in [6, 6.07) is 0. The first-order chi connectivity index (χ1) is 11.1. The monoisotopic (exact) mass is 326 g/mol. The van der Waals surface area contributed by atoms with E-state index in [-0.39, 0.29) is 0 Å². The smallest absolute Gasteiger partial charge is 0.0196 e. The Morgan fingerprint density at radius 3 is 1.96 bits per heavy atom. The molecule has 0 saturated heterocycles. The lowest BCUT2D eigenvalue weighted by atomic mass is 9.90. The van der Waals surface area contributed by atoms with Crippen LogP contribution < -0.4 is 0 Å². The van der Waals surface area contributed by atoms with Gasteiger partial charge in [-0.1, -0.05) is 90.2 Å². The fourth-order valence-electron chi connectivity index (χ4n) is 2.39. The second-order valence-electron chi connectivity index (χ2n) is 7.11. The van der Waals surface area contributed by atoms with E-state index in [0.29, 0.717) is 5.92 Å². The molecule has 0 saturated carbocycles. The number of hydrogen-bond acceptors (Lipinski definition) is 0. The molecule has 0 heteroatoms. The molecule has 2 unspecified atom stereocenters. The van der Waals surface area contributed by atoms with Gasteiger partial charge in [-0.3, -0.25) is 0 Å². The van der Waals surface area contributed by atoms with Crippen LogP contribution in [0, 0.1) is 11.8 Å². The summed E-state index contributed by atoms with van der Waals surface area (Å²) < 4.78 is 0. The van der Waals surface area contributed by atoms with Gasteiger partial charge in [0.1, 0.15) is 0 Å². The lowest BCUT2D eigenvalue weighted by Crippen LogP contribution is -2.01. The van der Waals surface area contributed by atoms with E-state index in [1.54, 1.807) is 0 Å². The third-order valence-electron chi connectivity index (χ3n) is 5.28. The van der Waals surface area contributed by atoms with Crippen molar-refractivity contribution >= 4 is 0 Å². The average Bonchev–Trinajstić information content (AvgIpc) is 2.60. The minimum absolute atomic E-state index is 0.509. The van der Waals surface area contributed by atoms with Gasteiger partial charge in [0.15, 0.2) is 0 Å². The molecule has 0 fully saturated rings. The van der Waals surface area contributed by atoms with Crippen LogP contribution in [0.4, 0.5) is 0 Å². The third-order valence-corrected chi connectivity index (χ3v) is 5.28. The minimum atomic E-state index is 0.509. The van der Waals surface area contributed by atoms with Gasteiger partial charge in [-0.15, -0.1) is 0 Å². The minimum Gasteiger partial charge on any atom is -0.0956 e. The van der Waals surface area contributed by atoms with Crippen LogP contribution in [0.2, 0.25) is 0 Å². The molecular weight excluding hydrogens is 288 g/mol. The normalized spacial score (nSPS) is 14.9. The summed E-state index contributed by atoms with van der Waals surface area (Å²) in [5.74, 6) is 1.30. The third kappa shape index (κ3) is 7.34. The molecule has 134 valence electrons. The molecule has 0 aliphatic rings. The lowest BCUT2D eigenvalue weighted by molar-refractivity contribution is 0.454. The largest absolute Gasteiger partial charge is 0.0956 e. The van der Waals surface area contributed by atoms with Gasteiger partial charge in [0, 0.05) is 0 Å². The van der Waals surface area contributed by atoms with E-state index in [0.717, 1.165) is 29.1 Å². The van der Waals surface area contributed by atoms with Crippen molar-refractivity contribution in [3.05, 3.63) is 71.9 Å². The Bertz CT molecular complexity index is 536. The molecule has 0 nitrogen and oxygen atoms in total. The fraction of sp³-hybridized carbons (Fsp3) is 0.500. The molecule has 0 aromatic rings. The predicted octanol–water partition coefficient (Wildman–Crippen LogP) is 7.98. The topological polar surface area (TPSA) is 0 Å². The Hall–Kier alpha value is -1.56. The van der Waals surface area contributed by atoms with Gasteiger partial charge >= 0.3 is 0 Å². The van der Waals surface area contributed by atoms with Crippen molar-refractivity contribution in [2.75, 3.05) is 0 Å². The van der Waals surface area contributed by atoms with Gasteiger partial charge in [0.05, 0.1) is 0 Å².